The molecule has 1 aliphatic carbocycles. The first-order chi connectivity index (χ1) is 6.52. The molecule has 0 amide bonds. The molecule has 2 heteroatoms. The summed E-state index contributed by atoms with van der Waals surface area (Å²) in [7, 11) is 4.20. The standard InChI is InChI=1S/C12H26N2/c1-12(7-5-4-6-8-12)9-11(13)10-14(2)3/h11H,4-10,13H2,1-3H3. The molecule has 1 atom stereocenters. The second kappa shape index (κ2) is 5.13. The summed E-state index contributed by atoms with van der Waals surface area (Å²) in [6.07, 6.45) is 8.21. The third-order valence-corrected chi connectivity index (χ3v) is 3.42. The molecule has 0 heterocycles. The predicted octanol–water partition coefficient (Wildman–Crippen LogP) is 2.24. The third-order valence-electron chi connectivity index (χ3n) is 3.42. The van der Waals surface area contributed by atoms with Gasteiger partial charge in [0.05, 0.1) is 0 Å². The fourth-order valence-electron chi connectivity index (χ4n) is 2.78. The van der Waals surface area contributed by atoms with Crippen LogP contribution in [0.3, 0.4) is 0 Å². The Morgan fingerprint density at radius 2 is 1.79 bits per heavy atom. The maximum absolute atomic E-state index is 6.15. The molecule has 2 nitrogen and oxygen atoms in total. The van der Waals surface area contributed by atoms with E-state index in [9.17, 15) is 0 Å². The Hall–Kier alpha value is -0.0800. The molecule has 0 aromatic heterocycles. The van der Waals surface area contributed by atoms with Crippen LogP contribution >= 0.6 is 0 Å². The monoisotopic (exact) mass is 198 g/mol. The molecule has 1 aliphatic rings. The summed E-state index contributed by atoms with van der Waals surface area (Å²) < 4.78 is 0. The molecule has 1 rings (SSSR count). The average molecular weight is 198 g/mol. The van der Waals surface area contributed by atoms with Gasteiger partial charge in [-0.2, -0.15) is 0 Å². The van der Waals surface area contributed by atoms with Gasteiger partial charge in [0.15, 0.2) is 0 Å². The van der Waals surface area contributed by atoms with Crippen LogP contribution in [0.4, 0.5) is 0 Å². The first kappa shape index (κ1) is 12.0. The molecule has 0 aromatic rings. The van der Waals surface area contributed by atoms with Crippen LogP contribution in [-0.4, -0.2) is 31.6 Å². The SMILES string of the molecule is CN(C)CC(N)CC1(C)CCCCC1. The third kappa shape index (κ3) is 3.97. The van der Waals surface area contributed by atoms with Crippen molar-refractivity contribution in [3.8, 4) is 0 Å². The van der Waals surface area contributed by atoms with E-state index in [0.717, 1.165) is 6.54 Å². The first-order valence-corrected chi connectivity index (χ1v) is 5.92. The van der Waals surface area contributed by atoms with E-state index in [-0.39, 0.29) is 0 Å². The fraction of sp³-hybridized carbons (Fsp3) is 1.00. The minimum Gasteiger partial charge on any atom is -0.327 e. The van der Waals surface area contributed by atoms with Crippen molar-refractivity contribution in [2.75, 3.05) is 20.6 Å². The lowest BCUT2D eigenvalue weighted by atomic mass is 9.72. The van der Waals surface area contributed by atoms with Crippen molar-refractivity contribution in [2.24, 2.45) is 11.1 Å². The van der Waals surface area contributed by atoms with Crippen molar-refractivity contribution in [3.63, 3.8) is 0 Å². The van der Waals surface area contributed by atoms with Crippen LogP contribution in [0.15, 0.2) is 0 Å². The number of hydrogen-bond acceptors (Lipinski definition) is 2. The highest BCUT2D eigenvalue weighted by atomic mass is 15.1. The van der Waals surface area contributed by atoms with Gasteiger partial charge in [-0.25, -0.2) is 0 Å². The van der Waals surface area contributed by atoms with Gasteiger partial charge in [-0.3, -0.25) is 0 Å². The Labute approximate surface area is 88.8 Å². The van der Waals surface area contributed by atoms with Crippen LogP contribution < -0.4 is 5.73 Å². The van der Waals surface area contributed by atoms with Crippen LogP contribution in [-0.2, 0) is 0 Å². The van der Waals surface area contributed by atoms with Crippen LogP contribution in [0.5, 0.6) is 0 Å². The van der Waals surface area contributed by atoms with E-state index in [1.54, 1.807) is 0 Å². The largest absolute Gasteiger partial charge is 0.327 e. The number of nitrogens with zero attached hydrogens (tertiary/aromatic N) is 1. The van der Waals surface area contributed by atoms with Crippen molar-refractivity contribution in [1.29, 1.82) is 0 Å². The topological polar surface area (TPSA) is 29.3 Å². The zero-order chi connectivity index (χ0) is 10.6. The molecule has 0 radical (unpaired) electrons. The van der Waals surface area contributed by atoms with Crippen molar-refractivity contribution >= 4 is 0 Å². The highest BCUT2D eigenvalue weighted by Gasteiger charge is 2.28. The molecule has 84 valence electrons. The van der Waals surface area contributed by atoms with Crippen molar-refractivity contribution in [1.82, 2.24) is 4.90 Å². The molecular formula is C12H26N2. The maximum Gasteiger partial charge on any atom is 0.0172 e. The zero-order valence-corrected chi connectivity index (χ0v) is 10.1. The summed E-state index contributed by atoms with van der Waals surface area (Å²) in [5, 5.41) is 0. The van der Waals surface area contributed by atoms with Gasteiger partial charge in [0, 0.05) is 12.6 Å². The lowest BCUT2D eigenvalue weighted by Crippen LogP contribution is -2.38. The van der Waals surface area contributed by atoms with E-state index in [4.69, 9.17) is 5.73 Å². The normalized spacial score (nSPS) is 23.8. The summed E-state index contributed by atoms with van der Waals surface area (Å²) in [4.78, 5) is 2.19. The van der Waals surface area contributed by atoms with Gasteiger partial charge in [0.2, 0.25) is 0 Å². The maximum atomic E-state index is 6.15. The number of nitrogens with two attached hydrogens (primary N) is 1. The first-order valence-electron chi connectivity index (χ1n) is 5.92. The molecule has 2 N–H and O–H groups in total. The zero-order valence-electron chi connectivity index (χ0n) is 10.1. The molecule has 0 spiro atoms. The molecule has 0 aliphatic heterocycles. The molecule has 14 heavy (non-hydrogen) atoms. The Balaban J connectivity index is 2.33. The van der Waals surface area contributed by atoms with Gasteiger partial charge in [-0.05, 0) is 38.8 Å². The van der Waals surface area contributed by atoms with E-state index in [2.05, 4.69) is 25.9 Å². The van der Waals surface area contributed by atoms with Crippen molar-refractivity contribution < 1.29 is 0 Å². The highest BCUT2D eigenvalue weighted by Crippen LogP contribution is 2.39. The van der Waals surface area contributed by atoms with E-state index >= 15 is 0 Å². The number of rotatable bonds is 4. The fourth-order valence-corrected chi connectivity index (χ4v) is 2.78. The summed E-state index contributed by atoms with van der Waals surface area (Å²) >= 11 is 0. The minimum absolute atomic E-state index is 0.355. The lowest BCUT2D eigenvalue weighted by molar-refractivity contribution is 0.174. The molecular weight excluding hydrogens is 172 g/mol. The Bertz CT molecular complexity index is 160. The minimum atomic E-state index is 0.355. The van der Waals surface area contributed by atoms with Gasteiger partial charge in [0.25, 0.3) is 0 Å². The lowest BCUT2D eigenvalue weighted by Gasteiger charge is -2.36. The highest BCUT2D eigenvalue weighted by molar-refractivity contribution is 4.83. The average Bonchev–Trinajstić information content (AvgIpc) is 2.02. The summed E-state index contributed by atoms with van der Waals surface area (Å²) in [5.74, 6) is 0. The second-order valence-corrected chi connectivity index (χ2v) is 5.60. The van der Waals surface area contributed by atoms with Crippen LogP contribution in [0.25, 0.3) is 0 Å². The molecule has 0 bridgehead atoms. The number of hydrogen-bond donors (Lipinski definition) is 1. The molecule has 0 saturated heterocycles. The van der Waals surface area contributed by atoms with Gasteiger partial charge >= 0.3 is 0 Å². The van der Waals surface area contributed by atoms with Gasteiger partial charge in [0.1, 0.15) is 0 Å². The van der Waals surface area contributed by atoms with Crippen LogP contribution in [0, 0.1) is 5.41 Å². The van der Waals surface area contributed by atoms with E-state index in [0.29, 0.717) is 11.5 Å². The molecule has 1 saturated carbocycles. The quantitative estimate of drug-likeness (QED) is 0.750. The van der Waals surface area contributed by atoms with Crippen LogP contribution in [0.1, 0.15) is 45.4 Å². The van der Waals surface area contributed by atoms with E-state index < -0.39 is 0 Å². The smallest absolute Gasteiger partial charge is 0.0172 e. The van der Waals surface area contributed by atoms with Gasteiger partial charge in [-0.1, -0.05) is 26.2 Å². The summed E-state index contributed by atoms with van der Waals surface area (Å²) in [6.45, 7) is 3.44. The summed E-state index contributed by atoms with van der Waals surface area (Å²) in [5.41, 5.74) is 6.68. The molecule has 1 unspecified atom stereocenters. The predicted molar refractivity (Wildman–Crippen MR) is 62.3 cm³/mol. The second-order valence-electron chi connectivity index (χ2n) is 5.60. The van der Waals surface area contributed by atoms with Crippen LogP contribution in [0.2, 0.25) is 0 Å². The number of likely N-dealkylation sites (N-methyl/N-ethyl adjacent to an activating group) is 1. The van der Waals surface area contributed by atoms with Gasteiger partial charge < -0.3 is 10.6 Å². The van der Waals surface area contributed by atoms with Crippen molar-refractivity contribution in [2.45, 2.75) is 51.5 Å². The van der Waals surface area contributed by atoms with E-state index in [1.165, 1.54) is 38.5 Å². The Kier molecular flexibility index (Phi) is 4.39. The summed E-state index contributed by atoms with van der Waals surface area (Å²) in [6, 6.07) is 0.355. The molecule has 1 fully saturated rings. The van der Waals surface area contributed by atoms with E-state index in [1.807, 2.05) is 0 Å². The molecule has 0 aromatic carbocycles. The Morgan fingerprint density at radius 1 is 1.21 bits per heavy atom. The van der Waals surface area contributed by atoms with Gasteiger partial charge in [-0.15, -0.1) is 0 Å². The van der Waals surface area contributed by atoms with Crippen molar-refractivity contribution in [3.05, 3.63) is 0 Å². The Morgan fingerprint density at radius 3 is 2.29 bits per heavy atom.